The second-order valence-corrected chi connectivity index (χ2v) is 9.28. The van der Waals surface area contributed by atoms with Gasteiger partial charge in [0.15, 0.2) is 0 Å². The van der Waals surface area contributed by atoms with Crippen LogP contribution in [0.5, 0.6) is 0 Å². The molecular weight excluding hydrogens is 499 g/mol. The summed E-state index contributed by atoms with van der Waals surface area (Å²) in [5.74, 6) is -1.30. The molecule has 0 amide bonds. The first-order valence-electron chi connectivity index (χ1n) is 12.0. The van der Waals surface area contributed by atoms with E-state index in [0.717, 1.165) is 13.0 Å². The third-order valence-electron chi connectivity index (χ3n) is 6.79. The standard InChI is InChI=1S/C26H22F3N7O2/c1-34-9-6-18(14-34)36-22-10-19(15-4-7-30-8-5-15)20(27)11-21(22)35(26(36)37)13-17-3-2-16(12-31-17)24-32-33-25(38-24)23(28)29/h2-5,7-8,10-12,18,23H,6,9,13-14H2,1H3. The van der Waals surface area contributed by atoms with Gasteiger partial charge in [-0.25, -0.2) is 9.18 Å². The first-order valence-corrected chi connectivity index (χ1v) is 12.0. The number of aromatic nitrogens is 6. The average molecular weight is 522 g/mol. The maximum Gasteiger partial charge on any atom is 0.329 e. The molecule has 4 aromatic heterocycles. The number of pyridine rings is 2. The molecule has 1 atom stereocenters. The molecule has 1 aliphatic heterocycles. The van der Waals surface area contributed by atoms with Crippen LogP contribution in [0.15, 0.2) is 64.2 Å². The summed E-state index contributed by atoms with van der Waals surface area (Å²) in [6.07, 6.45) is 2.54. The van der Waals surface area contributed by atoms with Gasteiger partial charge in [-0.05, 0) is 55.9 Å². The first kappa shape index (κ1) is 24.0. The lowest BCUT2D eigenvalue weighted by Crippen LogP contribution is -2.29. The van der Waals surface area contributed by atoms with Crippen LogP contribution in [0.2, 0.25) is 0 Å². The Morgan fingerprint density at radius 3 is 2.55 bits per heavy atom. The highest BCUT2D eigenvalue weighted by Gasteiger charge is 2.27. The molecule has 0 aliphatic carbocycles. The summed E-state index contributed by atoms with van der Waals surface area (Å²) in [6, 6.07) is 9.76. The number of halogens is 3. The number of benzene rings is 1. The van der Waals surface area contributed by atoms with Gasteiger partial charge in [0.1, 0.15) is 5.82 Å². The van der Waals surface area contributed by atoms with E-state index >= 15 is 4.39 Å². The highest BCUT2D eigenvalue weighted by molar-refractivity contribution is 5.83. The number of nitrogens with zero attached hydrogens (tertiary/aromatic N) is 7. The Hall–Kier alpha value is -4.32. The molecule has 12 heteroatoms. The Bertz CT molecular complexity index is 1660. The van der Waals surface area contributed by atoms with Crippen molar-refractivity contribution in [3.63, 3.8) is 0 Å². The molecule has 0 saturated carbocycles. The Morgan fingerprint density at radius 1 is 1.08 bits per heavy atom. The predicted molar refractivity (Wildman–Crippen MR) is 132 cm³/mol. The normalized spacial score (nSPS) is 16.2. The lowest BCUT2D eigenvalue weighted by molar-refractivity contribution is 0.116. The van der Waals surface area contributed by atoms with Crippen LogP contribution in [0.25, 0.3) is 33.6 Å². The third kappa shape index (κ3) is 4.26. The molecule has 5 aromatic rings. The fraction of sp³-hybridized carbons (Fsp3) is 0.269. The lowest BCUT2D eigenvalue weighted by atomic mass is 10.1. The minimum absolute atomic E-state index is 0.0520. The second-order valence-electron chi connectivity index (χ2n) is 9.28. The quantitative estimate of drug-likeness (QED) is 0.329. The van der Waals surface area contributed by atoms with E-state index in [-0.39, 0.29) is 24.2 Å². The SMILES string of the molecule is CN1CCC(n2c(=O)n(Cc3ccc(-c4nnc(C(F)F)o4)cn3)c3cc(F)c(-c4ccncc4)cc32)C1. The molecule has 6 rings (SSSR count). The van der Waals surface area contributed by atoms with Gasteiger partial charge in [-0.1, -0.05) is 0 Å². The first-order chi connectivity index (χ1) is 18.4. The van der Waals surface area contributed by atoms with Crippen molar-refractivity contribution in [2.24, 2.45) is 0 Å². The highest BCUT2D eigenvalue weighted by atomic mass is 19.3. The van der Waals surface area contributed by atoms with Crippen LogP contribution in [0.3, 0.4) is 0 Å². The van der Waals surface area contributed by atoms with Crippen molar-refractivity contribution in [1.29, 1.82) is 0 Å². The number of alkyl halides is 2. The van der Waals surface area contributed by atoms with E-state index in [2.05, 4.69) is 25.1 Å². The zero-order chi connectivity index (χ0) is 26.4. The van der Waals surface area contributed by atoms with Gasteiger partial charge in [0.25, 0.3) is 5.89 Å². The van der Waals surface area contributed by atoms with E-state index in [4.69, 9.17) is 4.42 Å². The number of hydrogen-bond donors (Lipinski definition) is 0. The lowest BCUT2D eigenvalue weighted by Gasteiger charge is -2.13. The van der Waals surface area contributed by atoms with Gasteiger partial charge in [-0.15, -0.1) is 10.2 Å². The monoisotopic (exact) mass is 521 g/mol. The number of fused-ring (bicyclic) bond motifs is 1. The van der Waals surface area contributed by atoms with Crippen molar-refractivity contribution < 1.29 is 17.6 Å². The Morgan fingerprint density at radius 2 is 1.89 bits per heavy atom. The van der Waals surface area contributed by atoms with E-state index in [1.807, 2.05) is 7.05 Å². The maximum absolute atomic E-state index is 15.4. The van der Waals surface area contributed by atoms with E-state index in [0.29, 0.717) is 40.0 Å². The molecule has 0 bridgehead atoms. The summed E-state index contributed by atoms with van der Waals surface area (Å²) in [5.41, 5.74) is 2.80. The van der Waals surface area contributed by atoms with E-state index in [1.54, 1.807) is 47.3 Å². The average Bonchev–Trinajstić information content (AvgIpc) is 3.64. The minimum atomic E-state index is -2.87. The van der Waals surface area contributed by atoms with Gasteiger partial charge in [0, 0.05) is 36.8 Å². The van der Waals surface area contributed by atoms with Gasteiger partial charge in [0.05, 0.1) is 34.9 Å². The molecule has 1 fully saturated rings. The van der Waals surface area contributed by atoms with E-state index in [1.165, 1.54) is 16.8 Å². The van der Waals surface area contributed by atoms with Crippen LogP contribution in [-0.2, 0) is 6.54 Å². The second kappa shape index (κ2) is 9.53. The van der Waals surface area contributed by atoms with Crippen LogP contribution in [0.4, 0.5) is 13.2 Å². The van der Waals surface area contributed by atoms with Crippen molar-refractivity contribution in [1.82, 2.24) is 34.2 Å². The minimum Gasteiger partial charge on any atom is -0.415 e. The largest absolute Gasteiger partial charge is 0.415 e. The number of likely N-dealkylation sites (N-methyl/N-ethyl adjacent to an activating group) is 1. The number of rotatable bonds is 6. The molecule has 1 aliphatic rings. The van der Waals surface area contributed by atoms with Crippen LogP contribution in [-0.4, -0.2) is 54.3 Å². The zero-order valence-corrected chi connectivity index (χ0v) is 20.3. The molecule has 1 aromatic carbocycles. The van der Waals surface area contributed by atoms with Crippen molar-refractivity contribution in [3.8, 4) is 22.6 Å². The molecule has 1 unspecified atom stereocenters. The van der Waals surface area contributed by atoms with Gasteiger partial charge in [0.2, 0.25) is 5.89 Å². The summed E-state index contributed by atoms with van der Waals surface area (Å²) in [6.45, 7) is 1.65. The van der Waals surface area contributed by atoms with Gasteiger partial charge < -0.3 is 9.32 Å². The maximum atomic E-state index is 15.4. The van der Waals surface area contributed by atoms with Crippen LogP contribution in [0.1, 0.15) is 30.5 Å². The zero-order valence-electron chi connectivity index (χ0n) is 20.3. The fourth-order valence-corrected chi connectivity index (χ4v) is 4.92. The third-order valence-corrected chi connectivity index (χ3v) is 6.79. The van der Waals surface area contributed by atoms with Crippen LogP contribution in [0, 0.1) is 5.82 Å². The van der Waals surface area contributed by atoms with Crippen LogP contribution < -0.4 is 5.69 Å². The summed E-state index contributed by atoms with van der Waals surface area (Å²) in [7, 11) is 2.01. The molecular formula is C26H22F3N7O2. The van der Waals surface area contributed by atoms with Gasteiger partial charge in [-0.2, -0.15) is 8.78 Å². The summed E-state index contributed by atoms with van der Waals surface area (Å²) >= 11 is 0. The molecule has 0 N–H and O–H groups in total. The molecule has 38 heavy (non-hydrogen) atoms. The summed E-state index contributed by atoms with van der Waals surface area (Å²) in [4.78, 5) is 24.3. The smallest absolute Gasteiger partial charge is 0.329 e. The van der Waals surface area contributed by atoms with Gasteiger partial charge >= 0.3 is 12.1 Å². The highest BCUT2D eigenvalue weighted by Crippen LogP contribution is 2.31. The molecule has 194 valence electrons. The fourth-order valence-electron chi connectivity index (χ4n) is 4.92. The van der Waals surface area contributed by atoms with E-state index < -0.39 is 18.1 Å². The number of imidazole rings is 1. The van der Waals surface area contributed by atoms with Crippen molar-refractivity contribution in [2.45, 2.75) is 25.4 Å². The van der Waals surface area contributed by atoms with E-state index in [9.17, 15) is 13.6 Å². The molecule has 0 spiro atoms. The van der Waals surface area contributed by atoms with Crippen molar-refractivity contribution >= 4 is 11.0 Å². The number of likely N-dealkylation sites (tertiary alicyclic amines) is 1. The Kier molecular flexibility index (Phi) is 6.03. The summed E-state index contributed by atoms with van der Waals surface area (Å²) < 4.78 is 49.1. The Labute approximate surface area is 214 Å². The van der Waals surface area contributed by atoms with Crippen molar-refractivity contribution in [3.05, 3.63) is 82.9 Å². The topological polar surface area (TPSA) is 94.9 Å². The molecule has 5 heterocycles. The molecule has 1 saturated heterocycles. The van der Waals surface area contributed by atoms with Crippen molar-refractivity contribution in [2.75, 3.05) is 20.1 Å². The molecule has 9 nitrogen and oxygen atoms in total. The summed E-state index contributed by atoms with van der Waals surface area (Å²) in [5, 5.41) is 6.95. The molecule has 0 radical (unpaired) electrons. The van der Waals surface area contributed by atoms with Gasteiger partial charge in [-0.3, -0.25) is 19.1 Å². The number of hydrogen-bond acceptors (Lipinski definition) is 7. The van der Waals surface area contributed by atoms with Crippen LogP contribution >= 0.6 is 0 Å². The Balaban J connectivity index is 1.41. The predicted octanol–water partition coefficient (Wildman–Crippen LogP) is 4.31.